The van der Waals surface area contributed by atoms with Crippen LogP contribution in [0.25, 0.3) is 0 Å². The highest BCUT2D eigenvalue weighted by Crippen LogP contribution is 2.24. The van der Waals surface area contributed by atoms with Gasteiger partial charge in [0.15, 0.2) is 11.6 Å². The van der Waals surface area contributed by atoms with Crippen LogP contribution in [-0.4, -0.2) is 13.2 Å². The van der Waals surface area contributed by atoms with Gasteiger partial charge in [-0.15, -0.1) is 0 Å². The molecule has 0 saturated heterocycles. The molecule has 2 nitrogen and oxygen atoms in total. The Bertz CT molecular complexity index is 394. The predicted molar refractivity (Wildman–Crippen MR) is 71.2 cm³/mol. The minimum Gasteiger partial charge on any atom is -0.494 e. The average molecular weight is 251 g/mol. The third-order valence-corrected chi connectivity index (χ3v) is 3.75. The molecule has 0 spiro atoms. The zero-order valence-electron chi connectivity index (χ0n) is 11.2. The lowest BCUT2D eigenvalue weighted by atomic mass is 9.87. The second-order valence-corrected chi connectivity index (χ2v) is 5.32. The van der Waals surface area contributed by atoms with Gasteiger partial charge in [0.25, 0.3) is 0 Å². The van der Waals surface area contributed by atoms with Gasteiger partial charge < -0.3 is 10.1 Å². The van der Waals surface area contributed by atoms with Gasteiger partial charge >= 0.3 is 0 Å². The van der Waals surface area contributed by atoms with Crippen LogP contribution >= 0.6 is 0 Å². The van der Waals surface area contributed by atoms with Gasteiger partial charge in [-0.25, -0.2) is 4.39 Å². The molecule has 1 fully saturated rings. The van der Waals surface area contributed by atoms with Crippen molar-refractivity contribution in [3.8, 4) is 5.75 Å². The summed E-state index contributed by atoms with van der Waals surface area (Å²) in [6.07, 6.45) is 5.12. The van der Waals surface area contributed by atoms with Gasteiger partial charge in [0.2, 0.25) is 0 Å². The van der Waals surface area contributed by atoms with Crippen molar-refractivity contribution in [1.29, 1.82) is 0 Å². The van der Waals surface area contributed by atoms with Crippen LogP contribution in [0.3, 0.4) is 0 Å². The first-order valence-electron chi connectivity index (χ1n) is 6.75. The van der Waals surface area contributed by atoms with E-state index in [4.69, 9.17) is 4.74 Å². The van der Waals surface area contributed by atoms with E-state index in [0.29, 0.717) is 11.8 Å². The highest BCUT2D eigenvalue weighted by Gasteiger charge is 2.18. The van der Waals surface area contributed by atoms with Crippen molar-refractivity contribution in [1.82, 2.24) is 5.32 Å². The lowest BCUT2D eigenvalue weighted by molar-refractivity contribution is 0.300. The standard InChI is InChI=1S/C15H22FNO/c1-11-4-3-5-13(8-11)17-10-12-6-7-15(18-2)14(16)9-12/h6-7,9,11,13,17H,3-5,8,10H2,1-2H3. The van der Waals surface area contributed by atoms with E-state index in [1.807, 2.05) is 6.07 Å². The molecular formula is C15H22FNO. The Morgan fingerprint density at radius 2 is 2.22 bits per heavy atom. The van der Waals surface area contributed by atoms with Crippen LogP contribution in [0.1, 0.15) is 38.2 Å². The average Bonchev–Trinajstić information content (AvgIpc) is 2.37. The molecule has 0 amide bonds. The summed E-state index contributed by atoms with van der Waals surface area (Å²) in [5.74, 6) is 0.836. The van der Waals surface area contributed by atoms with Gasteiger partial charge in [0, 0.05) is 12.6 Å². The van der Waals surface area contributed by atoms with E-state index in [-0.39, 0.29) is 5.82 Å². The van der Waals surface area contributed by atoms with E-state index < -0.39 is 0 Å². The zero-order chi connectivity index (χ0) is 13.0. The van der Waals surface area contributed by atoms with Crippen molar-refractivity contribution < 1.29 is 9.13 Å². The highest BCUT2D eigenvalue weighted by atomic mass is 19.1. The minimum atomic E-state index is -0.284. The summed E-state index contributed by atoms with van der Waals surface area (Å²) in [7, 11) is 1.49. The van der Waals surface area contributed by atoms with Gasteiger partial charge in [-0.1, -0.05) is 25.8 Å². The van der Waals surface area contributed by atoms with Crippen LogP contribution in [0.15, 0.2) is 18.2 Å². The van der Waals surface area contributed by atoms with E-state index in [0.717, 1.165) is 18.0 Å². The van der Waals surface area contributed by atoms with Gasteiger partial charge in [-0.2, -0.15) is 0 Å². The maximum absolute atomic E-state index is 13.5. The largest absolute Gasteiger partial charge is 0.494 e. The van der Waals surface area contributed by atoms with Crippen molar-refractivity contribution in [2.75, 3.05) is 7.11 Å². The molecule has 0 bridgehead atoms. The molecule has 100 valence electrons. The Balaban J connectivity index is 1.88. The molecule has 3 heteroatoms. The van der Waals surface area contributed by atoms with Gasteiger partial charge in [0.1, 0.15) is 0 Å². The van der Waals surface area contributed by atoms with Crippen molar-refractivity contribution in [2.45, 2.75) is 45.2 Å². The summed E-state index contributed by atoms with van der Waals surface area (Å²) in [5.41, 5.74) is 0.978. The number of methoxy groups -OCH3 is 1. The molecule has 2 rings (SSSR count). The Hall–Kier alpha value is -1.09. The Kier molecular flexibility index (Phi) is 4.59. The molecule has 2 atom stereocenters. The van der Waals surface area contributed by atoms with Gasteiger partial charge in [-0.05, 0) is 36.5 Å². The van der Waals surface area contributed by atoms with E-state index in [9.17, 15) is 4.39 Å². The second kappa shape index (κ2) is 6.19. The number of halogens is 1. The molecule has 0 heterocycles. The summed E-state index contributed by atoms with van der Waals surface area (Å²) in [6.45, 7) is 3.04. The molecule has 0 aliphatic heterocycles. The van der Waals surface area contributed by atoms with Crippen molar-refractivity contribution in [2.24, 2.45) is 5.92 Å². The van der Waals surface area contributed by atoms with Crippen LogP contribution < -0.4 is 10.1 Å². The van der Waals surface area contributed by atoms with Crippen LogP contribution in [0.5, 0.6) is 5.75 Å². The van der Waals surface area contributed by atoms with Crippen LogP contribution in [0.2, 0.25) is 0 Å². The quantitative estimate of drug-likeness (QED) is 0.884. The maximum Gasteiger partial charge on any atom is 0.165 e. The van der Waals surface area contributed by atoms with Crippen molar-refractivity contribution in [3.63, 3.8) is 0 Å². The lowest BCUT2D eigenvalue weighted by Gasteiger charge is -2.27. The van der Waals surface area contributed by atoms with Crippen molar-refractivity contribution in [3.05, 3.63) is 29.6 Å². The first-order valence-corrected chi connectivity index (χ1v) is 6.75. The third-order valence-electron chi connectivity index (χ3n) is 3.75. The van der Waals surface area contributed by atoms with Crippen LogP contribution in [0.4, 0.5) is 4.39 Å². The first-order chi connectivity index (χ1) is 8.69. The molecule has 1 aromatic carbocycles. The zero-order valence-corrected chi connectivity index (χ0v) is 11.2. The predicted octanol–water partition coefficient (Wildman–Crippen LogP) is 3.50. The fourth-order valence-electron chi connectivity index (χ4n) is 2.70. The van der Waals surface area contributed by atoms with E-state index in [1.165, 1.54) is 32.8 Å². The van der Waals surface area contributed by atoms with E-state index >= 15 is 0 Å². The Morgan fingerprint density at radius 3 is 2.89 bits per heavy atom. The molecule has 18 heavy (non-hydrogen) atoms. The first kappa shape index (κ1) is 13.3. The Morgan fingerprint density at radius 1 is 1.39 bits per heavy atom. The maximum atomic E-state index is 13.5. The van der Waals surface area contributed by atoms with Crippen molar-refractivity contribution >= 4 is 0 Å². The summed E-state index contributed by atoms with van der Waals surface area (Å²) in [6, 6.07) is 5.74. The molecule has 2 unspecified atom stereocenters. The third kappa shape index (κ3) is 3.45. The number of ether oxygens (including phenoxy) is 1. The number of nitrogens with one attached hydrogen (secondary N) is 1. The second-order valence-electron chi connectivity index (χ2n) is 5.32. The fourth-order valence-corrected chi connectivity index (χ4v) is 2.70. The molecule has 1 aliphatic rings. The Labute approximate surface area is 109 Å². The number of benzene rings is 1. The highest BCUT2D eigenvalue weighted by molar-refractivity contribution is 5.29. The minimum absolute atomic E-state index is 0.284. The fraction of sp³-hybridized carbons (Fsp3) is 0.600. The number of rotatable bonds is 4. The molecule has 1 saturated carbocycles. The summed E-state index contributed by atoms with van der Waals surface area (Å²) < 4.78 is 18.4. The normalized spacial score (nSPS) is 23.9. The monoisotopic (exact) mass is 251 g/mol. The lowest BCUT2D eigenvalue weighted by Crippen LogP contribution is -2.33. The van der Waals surface area contributed by atoms with Gasteiger partial charge in [-0.3, -0.25) is 0 Å². The number of hydrogen-bond acceptors (Lipinski definition) is 2. The topological polar surface area (TPSA) is 21.3 Å². The van der Waals surface area contributed by atoms with Crippen LogP contribution in [-0.2, 0) is 6.54 Å². The summed E-state index contributed by atoms with van der Waals surface area (Å²) in [5, 5.41) is 3.53. The molecular weight excluding hydrogens is 229 g/mol. The molecule has 0 radical (unpaired) electrons. The van der Waals surface area contributed by atoms with Crippen LogP contribution in [0, 0.1) is 11.7 Å². The smallest absolute Gasteiger partial charge is 0.165 e. The van der Waals surface area contributed by atoms with E-state index in [2.05, 4.69) is 12.2 Å². The molecule has 0 aromatic heterocycles. The molecule has 1 aromatic rings. The summed E-state index contributed by atoms with van der Waals surface area (Å²) in [4.78, 5) is 0. The molecule has 1 aliphatic carbocycles. The SMILES string of the molecule is COc1ccc(CNC2CCCC(C)C2)cc1F. The van der Waals surface area contributed by atoms with Gasteiger partial charge in [0.05, 0.1) is 7.11 Å². The van der Waals surface area contributed by atoms with E-state index in [1.54, 1.807) is 12.1 Å². The molecule has 1 N–H and O–H groups in total. The summed E-state index contributed by atoms with van der Waals surface area (Å²) >= 11 is 0. The number of hydrogen-bond donors (Lipinski definition) is 1.